The molecule has 1 aromatic heterocycles. The Balaban J connectivity index is 2.11. The van der Waals surface area contributed by atoms with E-state index < -0.39 is 11.7 Å². The fraction of sp³-hybridized carbons (Fsp3) is 0.294. The van der Waals surface area contributed by atoms with Crippen molar-refractivity contribution in [1.29, 1.82) is 0 Å². The van der Waals surface area contributed by atoms with Crippen molar-refractivity contribution in [3.05, 3.63) is 64.6 Å². The first-order valence-electron chi connectivity index (χ1n) is 7.13. The molecule has 1 heterocycles. The van der Waals surface area contributed by atoms with Crippen LogP contribution in [0, 0.1) is 0 Å². The number of pyridine rings is 1. The zero-order valence-electron chi connectivity index (χ0n) is 12.8. The molecule has 5 nitrogen and oxygen atoms in total. The minimum absolute atomic E-state index is 0.0858. The van der Waals surface area contributed by atoms with E-state index in [1.165, 1.54) is 0 Å². The van der Waals surface area contributed by atoms with Crippen LogP contribution in [0.25, 0.3) is 5.69 Å². The first-order chi connectivity index (χ1) is 10.4. The Bertz CT molecular complexity index is 705. The Labute approximate surface area is 129 Å². The standard InChI is InChI=1S/C17H20N2O3/c1-17(2,22-16(18)21)10-8-13-9-11-19(15(20)12-13)14-6-4-3-5-7-14/h3-7,9,11-12H,8,10H2,1-2H3,(H2,18,21). The monoisotopic (exact) mass is 300 g/mol. The van der Waals surface area contributed by atoms with E-state index >= 15 is 0 Å². The Hall–Kier alpha value is -2.56. The van der Waals surface area contributed by atoms with Gasteiger partial charge in [-0.3, -0.25) is 9.36 Å². The van der Waals surface area contributed by atoms with Gasteiger partial charge in [0, 0.05) is 18.0 Å². The number of amides is 1. The summed E-state index contributed by atoms with van der Waals surface area (Å²) < 4.78 is 6.63. The molecule has 0 radical (unpaired) electrons. The van der Waals surface area contributed by atoms with E-state index in [4.69, 9.17) is 10.5 Å². The van der Waals surface area contributed by atoms with E-state index in [-0.39, 0.29) is 5.56 Å². The number of nitrogens with zero attached hydrogens (tertiary/aromatic N) is 1. The molecule has 116 valence electrons. The molecule has 2 rings (SSSR count). The number of para-hydroxylation sites is 1. The van der Waals surface area contributed by atoms with E-state index in [1.807, 2.05) is 36.4 Å². The normalized spacial score (nSPS) is 11.2. The van der Waals surface area contributed by atoms with Crippen LogP contribution < -0.4 is 11.3 Å². The molecule has 0 aliphatic carbocycles. The average Bonchev–Trinajstić information content (AvgIpc) is 2.45. The fourth-order valence-corrected chi connectivity index (χ4v) is 2.25. The van der Waals surface area contributed by atoms with Crippen LogP contribution in [-0.4, -0.2) is 16.3 Å². The van der Waals surface area contributed by atoms with Crippen molar-refractivity contribution in [2.45, 2.75) is 32.3 Å². The van der Waals surface area contributed by atoms with Crippen LogP contribution in [0.3, 0.4) is 0 Å². The maximum atomic E-state index is 12.2. The zero-order valence-corrected chi connectivity index (χ0v) is 12.8. The van der Waals surface area contributed by atoms with Crippen molar-refractivity contribution in [3.63, 3.8) is 0 Å². The predicted octanol–water partition coefficient (Wildman–Crippen LogP) is 2.64. The lowest BCUT2D eigenvalue weighted by atomic mass is 9.99. The zero-order chi connectivity index (χ0) is 16.2. The molecule has 0 saturated heterocycles. The summed E-state index contributed by atoms with van der Waals surface area (Å²) in [7, 11) is 0. The van der Waals surface area contributed by atoms with Crippen molar-refractivity contribution >= 4 is 6.09 Å². The molecule has 0 saturated carbocycles. The number of aromatic nitrogens is 1. The van der Waals surface area contributed by atoms with Crippen molar-refractivity contribution < 1.29 is 9.53 Å². The third-order valence-electron chi connectivity index (χ3n) is 3.41. The highest BCUT2D eigenvalue weighted by molar-refractivity contribution is 5.65. The molecule has 0 aliphatic heterocycles. The lowest BCUT2D eigenvalue weighted by Gasteiger charge is -2.23. The number of nitrogens with two attached hydrogens (primary N) is 1. The molecule has 0 atom stereocenters. The minimum atomic E-state index is -0.788. The van der Waals surface area contributed by atoms with E-state index in [0.29, 0.717) is 12.8 Å². The van der Waals surface area contributed by atoms with Gasteiger partial charge in [0.1, 0.15) is 5.60 Å². The topological polar surface area (TPSA) is 74.3 Å². The number of hydrogen-bond donors (Lipinski definition) is 1. The average molecular weight is 300 g/mol. The van der Waals surface area contributed by atoms with Crippen LogP contribution in [0.4, 0.5) is 4.79 Å². The number of benzene rings is 1. The number of ether oxygens (including phenoxy) is 1. The van der Waals surface area contributed by atoms with Gasteiger partial charge in [0.05, 0.1) is 0 Å². The van der Waals surface area contributed by atoms with Crippen molar-refractivity contribution in [3.8, 4) is 5.69 Å². The van der Waals surface area contributed by atoms with Gasteiger partial charge in [-0.05, 0) is 50.5 Å². The van der Waals surface area contributed by atoms with Gasteiger partial charge in [-0.15, -0.1) is 0 Å². The number of primary amides is 1. The highest BCUT2D eigenvalue weighted by Gasteiger charge is 2.21. The lowest BCUT2D eigenvalue weighted by Crippen LogP contribution is -2.31. The Morgan fingerprint density at radius 1 is 1.23 bits per heavy atom. The second-order valence-electron chi connectivity index (χ2n) is 5.76. The second kappa shape index (κ2) is 6.47. The number of aryl methyl sites for hydroxylation is 1. The van der Waals surface area contributed by atoms with Crippen LogP contribution in [0.2, 0.25) is 0 Å². The van der Waals surface area contributed by atoms with E-state index in [9.17, 15) is 9.59 Å². The van der Waals surface area contributed by atoms with Gasteiger partial charge in [0.15, 0.2) is 0 Å². The highest BCUT2D eigenvalue weighted by Crippen LogP contribution is 2.17. The molecule has 5 heteroatoms. The van der Waals surface area contributed by atoms with E-state index in [0.717, 1.165) is 11.3 Å². The quantitative estimate of drug-likeness (QED) is 0.922. The maximum absolute atomic E-state index is 12.2. The summed E-state index contributed by atoms with van der Waals surface area (Å²) in [5.41, 5.74) is 6.03. The number of hydrogen-bond acceptors (Lipinski definition) is 3. The summed E-state index contributed by atoms with van der Waals surface area (Å²) in [6, 6.07) is 12.9. The van der Waals surface area contributed by atoms with Gasteiger partial charge in [-0.2, -0.15) is 0 Å². The van der Waals surface area contributed by atoms with Crippen LogP contribution in [0.15, 0.2) is 53.5 Å². The van der Waals surface area contributed by atoms with Crippen molar-refractivity contribution in [1.82, 2.24) is 4.57 Å². The molecule has 0 unspecified atom stereocenters. The van der Waals surface area contributed by atoms with Gasteiger partial charge >= 0.3 is 6.09 Å². The molecule has 0 bridgehead atoms. The number of rotatable bonds is 5. The van der Waals surface area contributed by atoms with Gasteiger partial charge in [-0.25, -0.2) is 4.79 Å². The molecular weight excluding hydrogens is 280 g/mol. The maximum Gasteiger partial charge on any atom is 0.405 e. The SMILES string of the molecule is CC(C)(CCc1ccn(-c2ccccc2)c(=O)c1)OC(N)=O. The Morgan fingerprint density at radius 2 is 1.91 bits per heavy atom. The molecule has 2 aromatic rings. The van der Waals surface area contributed by atoms with Crippen molar-refractivity contribution in [2.24, 2.45) is 5.73 Å². The molecule has 1 amide bonds. The largest absolute Gasteiger partial charge is 0.444 e. The second-order valence-corrected chi connectivity index (χ2v) is 5.76. The summed E-state index contributed by atoms with van der Waals surface area (Å²) in [5.74, 6) is 0. The summed E-state index contributed by atoms with van der Waals surface area (Å²) >= 11 is 0. The van der Waals surface area contributed by atoms with Gasteiger partial charge in [0.2, 0.25) is 0 Å². The molecule has 2 N–H and O–H groups in total. The predicted molar refractivity (Wildman–Crippen MR) is 85.1 cm³/mol. The molecular formula is C17H20N2O3. The van der Waals surface area contributed by atoms with Crippen molar-refractivity contribution in [2.75, 3.05) is 0 Å². The van der Waals surface area contributed by atoms with Crippen LogP contribution in [0.5, 0.6) is 0 Å². The molecule has 0 spiro atoms. The van der Waals surface area contributed by atoms with Gasteiger partial charge < -0.3 is 10.5 Å². The van der Waals surface area contributed by atoms with Crippen LogP contribution in [-0.2, 0) is 11.2 Å². The first-order valence-corrected chi connectivity index (χ1v) is 7.13. The summed E-state index contributed by atoms with van der Waals surface area (Å²) in [5, 5.41) is 0. The summed E-state index contributed by atoms with van der Waals surface area (Å²) in [6.45, 7) is 3.59. The van der Waals surface area contributed by atoms with Crippen LogP contribution in [0.1, 0.15) is 25.8 Å². The molecule has 0 fully saturated rings. The van der Waals surface area contributed by atoms with E-state index in [2.05, 4.69) is 0 Å². The molecule has 0 aliphatic rings. The number of carbonyl (C=O) groups excluding carboxylic acids is 1. The molecule has 22 heavy (non-hydrogen) atoms. The third-order valence-corrected chi connectivity index (χ3v) is 3.41. The molecule has 1 aromatic carbocycles. The Kier molecular flexibility index (Phi) is 4.65. The van der Waals surface area contributed by atoms with Gasteiger partial charge in [-0.1, -0.05) is 18.2 Å². The van der Waals surface area contributed by atoms with Crippen LogP contribution >= 0.6 is 0 Å². The summed E-state index contributed by atoms with van der Waals surface area (Å²) in [4.78, 5) is 23.0. The minimum Gasteiger partial charge on any atom is -0.444 e. The van der Waals surface area contributed by atoms with E-state index in [1.54, 1.807) is 30.7 Å². The highest BCUT2D eigenvalue weighted by atomic mass is 16.6. The lowest BCUT2D eigenvalue weighted by molar-refractivity contribution is 0.0394. The fourth-order valence-electron chi connectivity index (χ4n) is 2.25. The first kappa shape index (κ1) is 15.8. The smallest absolute Gasteiger partial charge is 0.405 e. The van der Waals surface area contributed by atoms with Gasteiger partial charge in [0.25, 0.3) is 5.56 Å². The third kappa shape index (κ3) is 4.22. The Morgan fingerprint density at radius 3 is 2.50 bits per heavy atom. The summed E-state index contributed by atoms with van der Waals surface area (Å²) in [6.07, 6.45) is 2.19. The number of carbonyl (C=O) groups is 1.